The van der Waals surface area contributed by atoms with Gasteiger partial charge >= 0.3 is 20.4 Å². The van der Waals surface area contributed by atoms with E-state index in [1.165, 1.54) is 164 Å². The van der Waals surface area contributed by atoms with Crippen LogP contribution in [0.3, 0.4) is 0 Å². The van der Waals surface area contributed by atoms with Crippen molar-refractivity contribution in [1.82, 2.24) is 0 Å². The molecule has 0 saturated carbocycles. The van der Waals surface area contributed by atoms with Crippen LogP contribution in [0, 0.1) is 14.9 Å². The Morgan fingerprint density at radius 1 is 0.339 bits per heavy atom. The fraction of sp³-hybridized carbons (Fsp3) is 0.679. The van der Waals surface area contributed by atoms with Gasteiger partial charge in [0, 0.05) is 22.3 Å². The van der Waals surface area contributed by atoms with Crippen molar-refractivity contribution in [2.24, 2.45) is 0 Å². The Morgan fingerprint density at radius 2 is 0.593 bits per heavy atom. The van der Waals surface area contributed by atoms with Gasteiger partial charge in [0.2, 0.25) is 11.4 Å². The maximum Gasteiger partial charge on any atom is 2.00 e. The number of rotatable bonds is 32. The quantitative estimate of drug-likeness (QED) is 0.0303. The van der Waals surface area contributed by atoms with E-state index in [0.29, 0.717) is 0 Å². The minimum absolute atomic E-state index is 0. The molecule has 0 unspecified atom stereocenters. The Hall–Kier alpha value is -1.82. The zero-order valence-electron chi connectivity index (χ0n) is 40.7. The molecule has 0 aliphatic carbocycles. The molecule has 3 rings (SSSR count). The van der Waals surface area contributed by atoms with Gasteiger partial charge in [0.25, 0.3) is 0 Å². The molecule has 1 heterocycles. The minimum atomic E-state index is 0. The molecule has 0 bridgehead atoms. The standard InChI is InChI=1S/C54H88N2.2CH3.Pd/c1-9-17-25-26-27-30-38-52-51(35-24-16-8)53(47-39-43(31-20-12-4)49(36-28-18-10-2)44(40-47)32-21-13-5)56(55)54(52)48-41-45(33-22-14-6)50(37-29-19-11-3)46(42-48)34-23-15-7;;;/h39-42H,9-38H2,1-8H3;2*1H3;/q;2*-1;+2. The molecule has 338 valence electrons. The van der Waals surface area contributed by atoms with Crippen LogP contribution in [0.25, 0.3) is 16.9 Å². The van der Waals surface area contributed by atoms with Gasteiger partial charge in [-0.2, -0.15) is 0 Å². The van der Waals surface area contributed by atoms with E-state index in [9.17, 15) is 5.53 Å². The summed E-state index contributed by atoms with van der Waals surface area (Å²) in [6, 6.07) is 10.2. The molecule has 2 aromatic rings. The second kappa shape index (κ2) is 33.8. The van der Waals surface area contributed by atoms with Gasteiger partial charge in [0.15, 0.2) is 0 Å². The molecule has 0 spiro atoms. The largest absolute Gasteiger partial charge is 2.00 e. The Labute approximate surface area is 382 Å². The molecule has 0 fully saturated rings. The molecule has 0 radical (unpaired) electrons. The average Bonchev–Trinajstić information content (AvgIpc) is 3.48. The molecule has 0 aromatic heterocycles. The van der Waals surface area contributed by atoms with Gasteiger partial charge in [0.1, 0.15) is 0 Å². The normalized spacial score (nSPS) is 12.6. The van der Waals surface area contributed by atoms with Crippen molar-refractivity contribution in [3.05, 3.63) is 100 Å². The zero-order valence-corrected chi connectivity index (χ0v) is 42.3. The summed E-state index contributed by atoms with van der Waals surface area (Å²) in [6.45, 7) is 18.6. The van der Waals surface area contributed by atoms with Gasteiger partial charge < -0.3 is 20.4 Å². The topological polar surface area (TPSA) is 25.3 Å². The summed E-state index contributed by atoms with van der Waals surface area (Å²) in [6.07, 6.45) is 36.5. The van der Waals surface area contributed by atoms with Crippen LogP contribution < -0.4 is 0 Å². The van der Waals surface area contributed by atoms with E-state index in [1.54, 1.807) is 38.1 Å². The summed E-state index contributed by atoms with van der Waals surface area (Å²) in [5.74, 6) is 0. The predicted molar refractivity (Wildman–Crippen MR) is 262 cm³/mol. The van der Waals surface area contributed by atoms with Crippen molar-refractivity contribution < 1.29 is 25.1 Å². The van der Waals surface area contributed by atoms with Crippen LogP contribution in [0.2, 0.25) is 0 Å². The van der Waals surface area contributed by atoms with Gasteiger partial charge in [-0.3, -0.25) is 0 Å². The third-order valence-corrected chi connectivity index (χ3v) is 12.6. The van der Waals surface area contributed by atoms with Crippen molar-refractivity contribution >= 4 is 11.4 Å². The van der Waals surface area contributed by atoms with E-state index in [4.69, 9.17) is 0 Å². The maximum atomic E-state index is 12.9. The summed E-state index contributed by atoms with van der Waals surface area (Å²) in [4.78, 5) is 0. The van der Waals surface area contributed by atoms with E-state index >= 15 is 0 Å². The van der Waals surface area contributed by atoms with Crippen LogP contribution in [-0.2, 0) is 58.9 Å². The van der Waals surface area contributed by atoms with Crippen molar-refractivity contribution in [3.8, 4) is 0 Å². The fourth-order valence-corrected chi connectivity index (χ4v) is 9.20. The Kier molecular flexibility index (Phi) is 32.7. The van der Waals surface area contributed by atoms with Gasteiger partial charge in [-0.15, -0.1) is 0 Å². The van der Waals surface area contributed by atoms with Crippen LogP contribution in [0.15, 0.2) is 35.4 Å². The second-order valence-corrected chi connectivity index (χ2v) is 17.5. The number of unbranched alkanes of at least 4 members (excludes halogenated alkanes) is 14. The third kappa shape index (κ3) is 17.8. The number of allylic oxidation sites excluding steroid dienone is 2. The first-order valence-corrected chi connectivity index (χ1v) is 24.7. The second-order valence-electron chi connectivity index (χ2n) is 17.5. The number of nitrogens with zero attached hydrogens (tertiary/aromatic N) is 2. The van der Waals surface area contributed by atoms with Crippen LogP contribution in [-0.4, -0.2) is 4.70 Å². The third-order valence-electron chi connectivity index (χ3n) is 12.6. The molecule has 0 saturated heterocycles. The van der Waals surface area contributed by atoms with E-state index in [1.807, 2.05) is 0 Å². The Bertz CT molecular complexity index is 1450. The van der Waals surface area contributed by atoms with E-state index < -0.39 is 0 Å². The summed E-state index contributed by atoms with van der Waals surface area (Å²) in [7, 11) is 0. The van der Waals surface area contributed by atoms with E-state index in [0.717, 1.165) is 62.8 Å². The van der Waals surface area contributed by atoms with Gasteiger partial charge in [-0.05, 0) is 160 Å². The summed E-state index contributed by atoms with van der Waals surface area (Å²) in [5.41, 5.74) is 30.0. The summed E-state index contributed by atoms with van der Waals surface area (Å²) < 4.78 is 1.73. The van der Waals surface area contributed by atoms with Crippen molar-refractivity contribution in [3.63, 3.8) is 0 Å². The molecule has 0 amide bonds. The monoisotopic (exact) mass is 901 g/mol. The molecule has 0 N–H and O–H groups in total. The smallest absolute Gasteiger partial charge is 0.493 e. The summed E-state index contributed by atoms with van der Waals surface area (Å²) >= 11 is 0. The van der Waals surface area contributed by atoms with Crippen LogP contribution >= 0.6 is 0 Å². The Morgan fingerprint density at radius 3 is 0.932 bits per heavy atom. The molecule has 2 aromatic carbocycles. The number of aryl methyl sites for hydroxylation is 4. The number of hydrogen-bond acceptors (Lipinski definition) is 0. The number of hydrogen-bond donors (Lipinski definition) is 0. The van der Waals surface area contributed by atoms with Crippen molar-refractivity contribution in [2.45, 2.75) is 248 Å². The van der Waals surface area contributed by atoms with E-state index in [-0.39, 0.29) is 35.3 Å². The van der Waals surface area contributed by atoms with Crippen LogP contribution in [0.5, 0.6) is 0 Å². The molecular weight excluding hydrogens is 807 g/mol. The maximum absolute atomic E-state index is 12.9. The van der Waals surface area contributed by atoms with Crippen LogP contribution in [0.1, 0.15) is 254 Å². The zero-order chi connectivity index (χ0) is 40.5. The Balaban J connectivity index is 0.0000112. The first kappa shape index (κ1) is 57.2. The SMILES string of the molecule is CCCCCCCCC1=C(c2cc(CCCC)c(CCCCC)c(CCCC)c2)[N+](=[N-])C(c2cc(CCCC)c(CCCCC)c(CCCC)c2)=C1CCCC.[CH3-].[CH3-].[Pd+2]. The average molecular weight is 902 g/mol. The first-order valence-electron chi connectivity index (χ1n) is 24.7. The fourth-order valence-electron chi connectivity index (χ4n) is 9.20. The summed E-state index contributed by atoms with van der Waals surface area (Å²) in [5, 5.41) is 0. The molecule has 0 atom stereocenters. The van der Waals surface area contributed by atoms with Gasteiger partial charge in [-0.25, -0.2) is 4.70 Å². The van der Waals surface area contributed by atoms with Crippen LogP contribution in [0.4, 0.5) is 0 Å². The van der Waals surface area contributed by atoms with Crippen molar-refractivity contribution in [2.75, 3.05) is 0 Å². The molecule has 2 nitrogen and oxygen atoms in total. The molecule has 1 aliphatic rings. The molecule has 59 heavy (non-hydrogen) atoms. The van der Waals surface area contributed by atoms with Gasteiger partial charge in [-0.1, -0.05) is 145 Å². The van der Waals surface area contributed by atoms with Gasteiger partial charge in [0.05, 0.1) is 0 Å². The van der Waals surface area contributed by atoms with E-state index in [2.05, 4.69) is 79.7 Å². The predicted octanol–water partition coefficient (Wildman–Crippen LogP) is 18.5. The molecule has 3 heteroatoms. The minimum Gasteiger partial charge on any atom is -0.493 e. The molecular formula is C56H94N2Pd. The molecule has 1 aliphatic heterocycles. The first-order chi connectivity index (χ1) is 27.4. The van der Waals surface area contributed by atoms with Crippen molar-refractivity contribution in [1.29, 1.82) is 0 Å². The number of benzene rings is 2.